The molecule has 0 fully saturated rings. The van der Waals surface area contributed by atoms with Crippen LogP contribution in [0.15, 0.2) is 0 Å². The fourth-order valence-corrected chi connectivity index (χ4v) is 5.05. The Morgan fingerprint density at radius 2 is 0.697 bits per heavy atom. The van der Waals surface area contributed by atoms with Gasteiger partial charge in [0.05, 0.1) is 0 Å². The third-order valence-corrected chi connectivity index (χ3v) is 7.51. The zero-order chi connectivity index (χ0) is 24.2. The van der Waals surface area contributed by atoms with Gasteiger partial charge < -0.3 is 0 Å². The van der Waals surface area contributed by atoms with Gasteiger partial charge in [0.25, 0.3) is 0 Å². The van der Waals surface area contributed by atoms with Crippen molar-refractivity contribution in [1.29, 1.82) is 0 Å². The smallest absolute Gasteiger partial charge is 0.132 e. The van der Waals surface area contributed by atoms with Crippen LogP contribution in [0, 0.1) is 5.92 Å². The van der Waals surface area contributed by atoms with E-state index >= 15 is 0 Å². The van der Waals surface area contributed by atoms with Crippen LogP contribution < -0.4 is 0 Å². The van der Waals surface area contributed by atoms with Crippen LogP contribution in [0.25, 0.3) is 0 Å². The first-order chi connectivity index (χ1) is 16.2. The van der Waals surface area contributed by atoms with E-state index in [0.717, 1.165) is 31.6 Å². The number of hydrogen-bond acceptors (Lipinski definition) is 1. The highest BCUT2D eigenvalue weighted by atomic mass is 16.1. The minimum absolute atomic E-state index is 0.508. The van der Waals surface area contributed by atoms with E-state index < -0.39 is 0 Å². The molecule has 1 unspecified atom stereocenters. The summed E-state index contributed by atoms with van der Waals surface area (Å²) in [5, 5.41) is 0. The Bertz CT molecular complexity index is 375. The van der Waals surface area contributed by atoms with Crippen molar-refractivity contribution in [3.05, 3.63) is 0 Å². The van der Waals surface area contributed by atoms with Crippen LogP contribution in [-0.2, 0) is 4.79 Å². The quantitative estimate of drug-likeness (QED) is 0.105. The van der Waals surface area contributed by atoms with Gasteiger partial charge in [-0.15, -0.1) is 0 Å². The van der Waals surface area contributed by atoms with Crippen molar-refractivity contribution >= 4 is 5.78 Å². The predicted molar refractivity (Wildman–Crippen MR) is 150 cm³/mol. The molecule has 0 heterocycles. The average Bonchev–Trinajstić information content (AvgIpc) is 2.81. The van der Waals surface area contributed by atoms with Crippen molar-refractivity contribution in [2.24, 2.45) is 5.92 Å². The van der Waals surface area contributed by atoms with Gasteiger partial charge in [0.1, 0.15) is 5.78 Å². The zero-order valence-corrected chi connectivity index (χ0v) is 23.6. The highest BCUT2D eigenvalue weighted by Crippen LogP contribution is 2.19. The number of carbonyl (C=O) groups is 1. The molecule has 0 saturated heterocycles. The second-order valence-electron chi connectivity index (χ2n) is 11.1. The van der Waals surface area contributed by atoms with Crippen molar-refractivity contribution in [3.8, 4) is 0 Å². The Hall–Kier alpha value is -0.330. The molecule has 0 aliphatic carbocycles. The van der Waals surface area contributed by atoms with Crippen LogP contribution in [0.3, 0.4) is 0 Å². The monoisotopic (exact) mass is 464 g/mol. The van der Waals surface area contributed by atoms with E-state index in [-0.39, 0.29) is 0 Å². The summed E-state index contributed by atoms with van der Waals surface area (Å²) in [4.78, 5) is 11.8. The summed E-state index contributed by atoms with van der Waals surface area (Å²) in [6.07, 6.45) is 36.2. The molecular formula is C32H64O. The van der Waals surface area contributed by atoms with E-state index in [0.29, 0.717) is 5.78 Å². The second kappa shape index (κ2) is 27.9. The molecule has 1 heteroatoms. The molecular weight excluding hydrogens is 400 g/mol. The van der Waals surface area contributed by atoms with Crippen LogP contribution in [0.5, 0.6) is 0 Å². The zero-order valence-electron chi connectivity index (χ0n) is 23.6. The van der Waals surface area contributed by atoms with Crippen molar-refractivity contribution in [1.82, 2.24) is 0 Å². The number of unbranched alkanes of at least 4 members (excludes halogenated alkanes) is 20. The van der Waals surface area contributed by atoms with Crippen molar-refractivity contribution < 1.29 is 4.79 Å². The van der Waals surface area contributed by atoms with Crippen molar-refractivity contribution in [3.63, 3.8) is 0 Å². The van der Waals surface area contributed by atoms with Gasteiger partial charge in [-0.3, -0.25) is 4.79 Å². The molecule has 0 amide bonds. The molecule has 0 spiro atoms. The Balaban J connectivity index is 3.19. The van der Waals surface area contributed by atoms with E-state index in [2.05, 4.69) is 20.8 Å². The molecule has 0 bridgehead atoms. The summed E-state index contributed by atoms with van der Waals surface area (Å²) in [7, 11) is 0. The van der Waals surface area contributed by atoms with Gasteiger partial charge in [-0.1, -0.05) is 168 Å². The number of hydrogen-bond donors (Lipinski definition) is 0. The van der Waals surface area contributed by atoms with Gasteiger partial charge in [-0.25, -0.2) is 0 Å². The first-order valence-electron chi connectivity index (χ1n) is 15.7. The highest BCUT2D eigenvalue weighted by Gasteiger charge is 2.03. The number of rotatable bonds is 28. The molecule has 0 N–H and O–H groups in total. The molecule has 198 valence electrons. The summed E-state index contributed by atoms with van der Waals surface area (Å²) in [5.41, 5.74) is 0. The minimum atomic E-state index is 0.508. The van der Waals surface area contributed by atoms with E-state index in [9.17, 15) is 4.79 Å². The molecule has 0 aromatic rings. The Morgan fingerprint density at radius 1 is 0.424 bits per heavy atom. The van der Waals surface area contributed by atoms with Gasteiger partial charge >= 0.3 is 0 Å². The van der Waals surface area contributed by atoms with Crippen LogP contribution in [0.4, 0.5) is 0 Å². The van der Waals surface area contributed by atoms with E-state index in [1.165, 1.54) is 148 Å². The van der Waals surface area contributed by atoms with E-state index in [4.69, 9.17) is 0 Å². The number of ketones is 1. The topological polar surface area (TPSA) is 17.1 Å². The lowest BCUT2D eigenvalue weighted by molar-refractivity contribution is -0.119. The summed E-state index contributed by atoms with van der Waals surface area (Å²) >= 11 is 0. The lowest BCUT2D eigenvalue weighted by atomic mass is 9.95. The molecule has 33 heavy (non-hydrogen) atoms. The molecule has 0 rings (SSSR count). The van der Waals surface area contributed by atoms with Crippen LogP contribution in [-0.4, -0.2) is 5.78 Å². The van der Waals surface area contributed by atoms with Crippen LogP contribution in [0.2, 0.25) is 0 Å². The van der Waals surface area contributed by atoms with Gasteiger partial charge in [0.2, 0.25) is 0 Å². The third-order valence-electron chi connectivity index (χ3n) is 7.51. The average molecular weight is 465 g/mol. The summed E-state index contributed by atoms with van der Waals surface area (Å²) in [6, 6.07) is 0. The highest BCUT2D eigenvalue weighted by molar-refractivity contribution is 5.78. The van der Waals surface area contributed by atoms with Gasteiger partial charge in [0, 0.05) is 12.8 Å². The summed E-state index contributed by atoms with van der Waals surface area (Å²) < 4.78 is 0. The van der Waals surface area contributed by atoms with Gasteiger partial charge in [-0.2, -0.15) is 0 Å². The van der Waals surface area contributed by atoms with Gasteiger partial charge in [-0.05, 0) is 18.8 Å². The number of carbonyl (C=O) groups excluding carboxylic acids is 1. The maximum atomic E-state index is 11.8. The fourth-order valence-electron chi connectivity index (χ4n) is 5.05. The van der Waals surface area contributed by atoms with Crippen LogP contribution in [0.1, 0.15) is 194 Å². The summed E-state index contributed by atoms with van der Waals surface area (Å²) in [6.45, 7) is 7.00. The molecule has 0 saturated carbocycles. The largest absolute Gasteiger partial charge is 0.300 e. The molecule has 0 aliphatic heterocycles. The Morgan fingerprint density at radius 3 is 1.06 bits per heavy atom. The van der Waals surface area contributed by atoms with Gasteiger partial charge in [0.15, 0.2) is 0 Å². The molecule has 0 aromatic heterocycles. The Labute approximate surface area is 210 Å². The van der Waals surface area contributed by atoms with Crippen LogP contribution >= 0.6 is 0 Å². The molecule has 0 aliphatic rings. The minimum Gasteiger partial charge on any atom is -0.300 e. The Kier molecular flexibility index (Phi) is 27.6. The summed E-state index contributed by atoms with van der Waals surface area (Å²) in [5.74, 6) is 1.45. The maximum absolute atomic E-state index is 11.8. The number of Topliss-reactive ketones (excluding diaryl/α,β-unsaturated/α-hetero) is 1. The fraction of sp³-hybridized carbons (Fsp3) is 0.969. The third kappa shape index (κ3) is 27.8. The van der Waals surface area contributed by atoms with Crippen molar-refractivity contribution in [2.45, 2.75) is 194 Å². The van der Waals surface area contributed by atoms with Crippen molar-refractivity contribution in [2.75, 3.05) is 0 Å². The normalized spacial score (nSPS) is 12.3. The molecule has 1 nitrogen and oxygen atoms in total. The lowest BCUT2D eigenvalue weighted by Gasteiger charge is -2.11. The van der Waals surface area contributed by atoms with E-state index in [1.54, 1.807) is 0 Å². The predicted octanol–water partition coefficient (Wildman–Crippen LogP) is 11.8. The van der Waals surface area contributed by atoms with E-state index in [1.807, 2.05) is 0 Å². The lowest BCUT2D eigenvalue weighted by Crippen LogP contribution is -1.97. The standard InChI is InChI=1S/C32H64O/c1-4-6-8-10-11-17-20-23-27-31(3)28-24-21-18-15-13-12-14-16-19-22-26-30-32(33)29-25-9-7-5-2/h31H,4-30H2,1-3H3. The SMILES string of the molecule is CCCCCCCCCCC(C)CCCCCCCCCCCCCC(=O)CCCCCC. The second-order valence-corrected chi connectivity index (χ2v) is 11.1. The molecule has 0 radical (unpaired) electrons. The maximum Gasteiger partial charge on any atom is 0.132 e. The molecule has 0 aromatic carbocycles. The first-order valence-corrected chi connectivity index (χ1v) is 15.7. The first kappa shape index (κ1) is 32.7. The molecule has 1 atom stereocenters.